The molecule has 1 amide bonds. The van der Waals surface area contributed by atoms with Gasteiger partial charge in [0.1, 0.15) is 0 Å². The normalized spacial score (nSPS) is 24.6. The summed E-state index contributed by atoms with van der Waals surface area (Å²) in [6.45, 7) is 10.7. The van der Waals surface area contributed by atoms with Crippen LogP contribution in [0, 0.1) is 6.92 Å². The highest BCUT2D eigenvalue weighted by atomic mass is 16.5. The molecule has 1 N–H and O–H groups in total. The van der Waals surface area contributed by atoms with Crippen LogP contribution in [-0.4, -0.2) is 53.7 Å². The van der Waals surface area contributed by atoms with Crippen LogP contribution in [0.15, 0.2) is 18.3 Å². The van der Waals surface area contributed by atoms with Crippen LogP contribution in [0.4, 0.5) is 0 Å². The Hall–Kier alpha value is -1.46. The molecule has 3 atom stereocenters. The molecular weight excluding hydrogens is 266 g/mol. The molecule has 0 aromatic carbocycles. The molecule has 5 heteroatoms. The number of ether oxygens (including phenoxy) is 1. The second-order valence-electron chi connectivity index (χ2n) is 5.96. The van der Waals surface area contributed by atoms with Crippen molar-refractivity contribution in [3.63, 3.8) is 0 Å². The van der Waals surface area contributed by atoms with Gasteiger partial charge < -0.3 is 10.1 Å². The van der Waals surface area contributed by atoms with Gasteiger partial charge in [-0.2, -0.15) is 0 Å². The molecule has 0 radical (unpaired) electrons. The lowest BCUT2D eigenvalue weighted by molar-refractivity contribution is -0.0778. The van der Waals surface area contributed by atoms with Gasteiger partial charge in [-0.05, 0) is 39.8 Å². The molecule has 5 nitrogen and oxygen atoms in total. The molecule has 0 saturated carbocycles. The third kappa shape index (κ3) is 4.51. The standard InChI is InChI=1S/C16H25N3O2/c1-11-5-6-15(8-17-11)16(20)18-7-12(2)19-9-13(3)21-14(4)10-19/h5-6,8,12-14H,7,9-10H2,1-4H3,(H,18,20)/t12-,13-,14-/m0/s1. The maximum absolute atomic E-state index is 12.1. The van der Waals surface area contributed by atoms with E-state index in [4.69, 9.17) is 4.74 Å². The van der Waals surface area contributed by atoms with E-state index in [0.717, 1.165) is 18.8 Å². The number of morpholine rings is 1. The van der Waals surface area contributed by atoms with Crippen LogP contribution < -0.4 is 5.32 Å². The molecule has 1 saturated heterocycles. The van der Waals surface area contributed by atoms with Gasteiger partial charge in [0.2, 0.25) is 0 Å². The molecule has 0 spiro atoms. The number of aromatic nitrogens is 1. The Morgan fingerprint density at radius 3 is 2.67 bits per heavy atom. The number of pyridine rings is 1. The maximum atomic E-state index is 12.1. The minimum Gasteiger partial charge on any atom is -0.373 e. The SMILES string of the molecule is Cc1ccc(C(=O)NC[C@H](C)N2C[C@H](C)O[C@@H](C)C2)cn1. The number of hydrogen-bond donors (Lipinski definition) is 1. The van der Waals surface area contributed by atoms with Crippen molar-refractivity contribution in [1.82, 2.24) is 15.2 Å². The zero-order chi connectivity index (χ0) is 15.4. The number of rotatable bonds is 4. The van der Waals surface area contributed by atoms with E-state index in [-0.39, 0.29) is 18.1 Å². The summed E-state index contributed by atoms with van der Waals surface area (Å²) >= 11 is 0. The highest BCUT2D eigenvalue weighted by Gasteiger charge is 2.25. The first-order valence-corrected chi connectivity index (χ1v) is 7.56. The molecule has 1 fully saturated rings. The number of amides is 1. The van der Waals surface area contributed by atoms with Crippen LogP contribution >= 0.6 is 0 Å². The Morgan fingerprint density at radius 1 is 1.43 bits per heavy atom. The second kappa shape index (κ2) is 7.00. The van der Waals surface area contributed by atoms with Gasteiger partial charge in [0.25, 0.3) is 5.91 Å². The molecule has 2 heterocycles. The van der Waals surface area contributed by atoms with Crippen LogP contribution in [-0.2, 0) is 4.74 Å². The minimum absolute atomic E-state index is 0.0660. The molecule has 0 unspecified atom stereocenters. The Bertz CT molecular complexity index is 465. The van der Waals surface area contributed by atoms with E-state index in [2.05, 4.69) is 36.0 Å². The molecule has 1 aliphatic rings. The number of aryl methyl sites for hydroxylation is 1. The average molecular weight is 291 g/mol. The van der Waals surface area contributed by atoms with Gasteiger partial charge >= 0.3 is 0 Å². The second-order valence-corrected chi connectivity index (χ2v) is 5.96. The minimum atomic E-state index is -0.0660. The third-order valence-corrected chi connectivity index (χ3v) is 3.80. The van der Waals surface area contributed by atoms with Crippen LogP contribution in [0.1, 0.15) is 36.8 Å². The summed E-state index contributed by atoms with van der Waals surface area (Å²) < 4.78 is 5.74. The molecule has 1 aromatic rings. The van der Waals surface area contributed by atoms with Gasteiger partial charge in [0.15, 0.2) is 0 Å². The summed E-state index contributed by atoms with van der Waals surface area (Å²) in [5, 5.41) is 2.98. The summed E-state index contributed by atoms with van der Waals surface area (Å²) in [7, 11) is 0. The van der Waals surface area contributed by atoms with Gasteiger partial charge in [0, 0.05) is 37.6 Å². The van der Waals surface area contributed by atoms with Crippen molar-refractivity contribution in [2.75, 3.05) is 19.6 Å². The van der Waals surface area contributed by atoms with Crippen molar-refractivity contribution in [3.8, 4) is 0 Å². The highest BCUT2D eigenvalue weighted by Crippen LogP contribution is 2.13. The summed E-state index contributed by atoms with van der Waals surface area (Å²) in [4.78, 5) is 18.6. The number of carbonyl (C=O) groups is 1. The van der Waals surface area contributed by atoms with E-state index >= 15 is 0 Å². The van der Waals surface area contributed by atoms with Crippen molar-refractivity contribution in [1.29, 1.82) is 0 Å². The van der Waals surface area contributed by atoms with E-state index in [9.17, 15) is 4.79 Å². The fourth-order valence-electron chi connectivity index (χ4n) is 2.65. The molecule has 21 heavy (non-hydrogen) atoms. The van der Waals surface area contributed by atoms with Crippen LogP contribution in [0.2, 0.25) is 0 Å². The van der Waals surface area contributed by atoms with Crippen LogP contribution in [0.25, 0.3) is 0 Å². The van der Waals surface area contributed by atoms with Crippen LogP contribution in [0.5, 0.6) is 0 Å². The molecular formula is C16H25N3O2. The Balaban J connectivity index is 1.84. The number of hydrogen-bond acceptors (Lipinski definition) is 4. The quantitative estimate of drug-likeness (QED) is 0.916. The third-order valence-electron chi connectivity index (χ3n) is 3.80. The van der Waals surface area contributed by atoms with Gasteiger partial charge in [-0.3, -0.25) is 14.7 Å². The first-order chi connectivity index (χ1) is 9.95. The molecule has 0 aliphatic carbocycles. The summed E-state index contributed by atoms with van der Waals surface area (Å²) in [6.07, 6.45) is 2.11. The average Bonchev–Trinajstić information content (AvgIpc) is 2.44. The maximum Gasteiger partial charge on any atom is 0.252 e. The number of carbonyl (C=O) groups excluding carboxylic acids is 1. The molecule has 0 bridgehead atoms. The van der Waals surface area contributed by atoms with Crippen molar-refractivity contribution in [2.24, 2.45) is 0 Å². The van der Waals surface area contributed by atoms with E-state index in [1.165, 1.54) is 0 Å². The Morgan fingerprint density at radius 2 is 2.10 bits per heavy atom. The largest absolute Gasteiger partial charge is 0.373 e. The van der Waals surface area contributed by atoms with Crippen molar-refractivity contribution in [3.05, 3.63) is 29.6 Å². The lowest BCUT2D eigenvalue weighted by Crippen LogP contribution is -2.52. The summed E-state index contributed by atoms with van der Waals surface area (Å²) in [5.41, 5.74) is 1.52. The topological polar surface area (TPSA) is 54.5 Å². The summed E-state index contributed by atoms with van der Waals surface area (Å²) in [5.74, 6) is -0.0660. The van der Waals surface area contributed by atoms with Crippen LogP contribution in [0.3, 0.4) is 0 Å². The molecule has 1 aliphatic heterocycles. The fourth-order valence-corrected chi connectivity index (χ4v) is 2.65. The van der Waals surface area contributed by atoms with E-state index in [0.29, 0.717) is 18.2 Å². The predicted octanol–water partition coefficient (Wildman–Crippen LogP) is 1.62. The van der Waals surface area contributed by atoms with Crippen molar-refractivity contribution < 1.29 is 9.53 Å². The Kier molecular flexibility index (Phi) is 5.31. The molecule has 2 rings (SSSR count). The van der Waals surface area contributed by atoms with Gasteiger partial charge in [0.05, 0.1) is 17.8 Å². The van der Waals surface area contributed by atoms with E-state index in [1.807, 2.05) is 13.0 Å². The predicted molar refractivity (Wildman–Crippen MR) is 82.4 cm³/mol. The van der Waals surface area contributed by atoms with Crippen molar-refractivity contribution >= 4 is 5.91 Å². The van der Waals surface area contributed by atoms with Gasteiger partial charge in [-0.15, -0.1) is 0 Å². The van der Waals surface area contributed by atoms with E-state index < -0.39 is 0 Å². The lowest BCUT2D eigenvalue weighted by atomic mass is 10.1. The summed E-state index contributed by atoms with van der Waals surface area (Å²) in [6, 6.07) is 3.95. The zero-order valence-corrected chi connectivity index (χ0v) is 13.3. The number of nitrogens with one attached hydrogen (secondary N) is 1. The van der Waals surface area contributed by atoms with E-state index in [1.54, 1.807) is 12.3 Å². The Labute approximate surface area is 126 Å². The first-order valence-electron chi connectivity index (χ1n) is 7.56. The molecule has 1 aromatic heterocycles. The zero-order valence-electron chi connectivity index (χ0n) is 13.3. The smallest absolute Gasteiger partial charge is 0.252 e. The molecule has 116 valence electrons. The fraction of sp³-hybridized carbons (Fsp3) is 0.625. The highest BCUT2D eigenvalue weighted by molar-refractivity contribution is 5.93. The van der Waals surface area contributed by atoms with Gasteiger partial charge in [-0.25, -0.2) is 0 Å². The van der Waals surface area contributed by atoms with Gasteiger partial charge in [-0.1, -0.05) is 0 Å². The monoisotopic (exact) mass is 291 g/mol. The lowest BCUT2D eigenvalue weighted by Gasteiger charge is -2.39. The number of nitrogens with zero attached hydrogens (tertiary/aromatic N) is 2. The van der Waals surface area contributed by atoms with Crippen molar-refractivity contribution in [2.45, 2.75) is 45.9 Å². The first kappa shape index (κ1) is 15.9.